The van der Waals surface area contributed by atoms with Gasteiger partial charge in [-0.2, -0.15) is 0 Å². The molecule has 1 unspecified atom stereocenters. The van der Waals surface area contributed by atoms with Crippen LogP contribution in [0.5, 0.6) is 0 Å². The minimum absolute atomic E-state index is 0. The van der Waals surface area contributed by atoms with Crippen molar-refractivity contribution in [3.8, 4) is 0 Å². The number of hydrogen-bond donors (Lipinski definition) is 2. The molecule has 0 radical (unpaired) electrons. The van der Waals surface area contributed by atoms with Crippen LogP contribution in [0.25, 0.3) is 0 Å². The highest BCUT2D eigenvalue weighted by molar-refractivity contribution is 9.10. The zero-order valence-corrected chi connectivity index (χ0v) is 16.6. The van der Waals surface area contributed by atoms with Gasteiger partial charge >= 0.3 is 0 Å². The maximum absolute atomic E-state index is 12.7. The number of carbonyl (C=O) groups excluding carboxylic acids is 1. The van der Waals surface area contributed by atoms with Gasteiger partial charge in [-0.1, -0.05) is 28.1 Å². The van der Waals surface area contributed by atoms with Crippen molar-refractivity contribution in [2.45, 2.75) is 50.6 Å². The molecule has 1 aromatic rings. The van der Waals surface area contributed by atoms with E-state index in [-0.39, 0.29) is 30.3 Å². The summed E-state index contributed by atoms with van der Waals surface area (Å²) >= 11 is 3.49. The Balaban J connectivity index is 0.00000288. The molecule has 4 nitrogen and oxygen atoms in total. The number of benzene rings is 1. The SMILES string of the molecule is COCCC(Cc1cccc(Br)c1)C(=O)NC1CCC(N)CC1.Cl. The van der Waals surface area contributed by atoms with E-state index in [9.17, 15) is 4.79 Å². The van der Waals surface area contributed by atoms with Crippen LogP contribution in [-0.2, 0) is 16.0 Å². The first kappa shape index (κ1) is 21.4. The molecule has 2 rings (SSSR count). The molecule has 1 atom stereocenters. The zero-order valence-electron chi connectivity index (χ0n) is 14.2. The monoisotopic (exact) mass is 418 g/mol. The normalized spacial score (nSPS) is 21.6. The van der Waals surface area contributed by atoms with Crippen molar-refractivity contribution in [2.24, 2.45) is 11.7 Å². The molecule has 0 spiro atoms. The minimum atomic E-state index is -0.0557. The van der Waals surface area contributed by atoms with Gasteiger partial charge in [-0.15, -0.1) is 12.4 Å². The summed E-state index contributed by atoms with van der Waals surface area (Å²) in [4.78, 5) is 12.7. The van der Waals surface area contributed by atoms with E-state index in [1.807, 2.05) is 12.1 Å². The lowest BCUT2D eigenvalue weighted by Crippen LogP contribution is -2.43. The first-order chi connectivity index (χ1) is 11.1. The third-order valence-corrected chi connectivity index (χ3v) is 5.02. The van der Waals surface area contributed by atoms with Crippen LogP contribution in [0.2, 0.25) is 0 Å². The Morgan fingerprint density at radius 2 is 2.08 bits per heavy atom. The van der Waals surface area contributed by atoms with Crippen molar-refractivity contribution in [1.29, 1.82) is 0 Å². The molecule has 1 aromatic carbocycles. The molecule has 0 aliphatic heterocycles. The van der Waals surface area contributed by atoms with E-state index in [0.29, 0.717) is 12.6 Å². The second kappa shape index (κ2) is 11.1. The molecule has 24 heavy (non-hydrogen) atoms. The number of carbonyl (C=O) groups is 1. The summed E-state index contributed by atoms with van der Waals surface area (Å²) in [5.74, 6) is 0.0855. The molecule has 1 amide bonds. The summed E-state index contributed by atoms with van der Waals surface area (Å²) < 4.78 is 6.23. The summed E-state index contributed by atoms with van der Waals surface area (Å²) in [6.07, 6.45) is 5.45. The van der Waals surface area contributed by atoms with Crippen LogP contribution in [-0.4, -0.2) is 31.7 Å². The number of halogens is 2. The topological polar surface area (TPSA) is 64.3 Å². The number of amides is 1. The highest BCUT2D eigenvalue weighted by Crippen LogP contribution is 2.20. The average Bonchev–Trinajstić information content (AvgIpc) is 2.53. The predicted molar refractivity (Wildman–Crippen MR) is 103 cm³/mol. The molecule has 136 valence electrons. The number of methoxy groups -OCH3 is 1. The Morgan fingerprint density at radius 1 is 1.38 bits per heavy atom. The Hall–Kier alpha value is -0.620. The van der Waals surface area contributed by atoms with Gasteiger partial charge in [0, 0.05) is 36.2 Å². The third-order valence-electron chi connectivity index (χ3n) is 4.53. The van der Waals surface area contributed by atoms with Gasteiger partial charge in [0.25, 0.3) is 0 Å². The van der Waals surface area contributed by atoms with Crippen molar-refractivity contribution >= 4 is 34.2 Å². The fourth-order valence-electron chi connectivity index (χ4n) is 3.12. The van der Waals surface area contributed by atoms with Gasteiger partial charge in [-0.25, -0.2) is 0 Å². The van der Waals surface area contributed by atoms with Gasteiger partial charge in [0.2, 0.25) is 5.91 Å². The molecule has 1 fully saturated rings. The summed E-state index contributed by atoms with van der Waals surface area (Å²) in [5.41, 5.74) is 7.10. The van der Waals surface area contributed by atoms with Crippen LogP contribution in [0, 0.1) is 5.92 Å². The Morgan fingerprint density at radius 3 is 2.71 bits per heavy atom. The largest absolute Gasteiger partial charge is 0.385 e. The van der Waals surface area contributed by atoms with Gasteiger partial charge in [0.15, 0.2) is 0 Å². The van der Waals surface area contributed by atoms with Crippen molar-refractivity contribution < 1.29 is 9.53 Å². The Kier molecular flexibility index (Phi) is 9.89. The summed E-state index contributed by atoms with van der Waals surface area (Å²) in [7, 11) is 1.68. The van der Waals surface area contributed by atoms with Crippen molar-refractivity contribution in [2.75, 3.05) is 13.7 Å². The van der Waals surface area contributed by atoms with E-state index in [4.69, 9.17) is 10.5 Å². The molecule has 0 heterocycles. The summed E-state index contributed by atoms with van der Waals surface area (Å²) in [5, 5.41) is 3.22. The second-order valence-corrected chi connectivity index (χ2v) is 7.35. The van der Waals surface area contributed by atoms with E-state index in [2.05, 4.69) is 33.4 Å². The number of nitrogens with two attached hydrogens (primary N) is 1. The Bertz CT molecular complexity index is 508. The first-order valence-electron chi connectivity index (χ1n) is 8.38. The molecule has 0 bridgehead atoms. The van der Waals surface area contributed by atoms with E-state index < -0.39 is 0 Å². The maximum Gasteiger partial charge on any atom is 0.223 e. The van der Waals surface area contributed by atoms with E-state index >= 15 is 0 Å². The number of rotatable bonds is 7. The number of nitrogens with one attached hydrogen (secondary N) is 1. The third kappa shape index (κ3) is 7.09. The van der Waals surface area contributed by atoms with E-state index in [1.165, 1.54) is 5.56 Å². The van der Waals surface area contributed by atoms with Crippen LogP contribution in [0.3, 0.4) is 0 Å². The second-order valence-electron chi connectivity index (χ2n) is 6.43. The molecule has 1 saturated carbocycles. The van der Waals surface area contributed by atoms with Gasteiger partial charge < -0.3 is 15.8 Å². The molecule has 3 N–H and O–H groups in total. The predicted octanol–water partition coefficient (Wildman–Crippen LogP) is 3.45. The van der Waals surface area contributed by atoms with Crippen LogP contribution in [0.1, 0.15) is 37.7 Å². The fraction of sp³-hybridized carbons (Fsp3) is 0.611. The van der Waals surface area contributed by atoms with Gasteiger partial charge in [-0.3, -0.25) is 4.79 Å². The zero-order chi connectivity index (χ0) is 16.7. The highest BCUT2D eigenvalue weighted by Gasteiger charge is 2.24. The molecule has 1 aliphatic carbocycles. The lowest BCUT2D eigenvalue weighted by atomic mass is 9.90. The van der Waals surface area contributed by atoms with Gasteiger partial charge in [0.05, 0.1) is 0 Å². The average molecular weight is 420 g/mol. The fourth-order valence-corrected chi connectivity index (χ4v) is 3.56. The van der Waals surface area contributed by atoms with Crippen LogP contribution < -0.4 is 11.1 Å². The highest BCUT2D eigenvalue weighted by atomic mass is 79.9. The van der Waals surface area contributed by atoms with E-state index in [0.717, 1.165) is 43.0 Å². The standard InChI is InChI=1S/C18H27BrN2O2.ClH/c1-23-10-9-14(11-13-3-2-4-15(19)12-13)18(22)21-17-7-5-16(20)6-8-17;/h2-4,12,14,16-17H,5-11,20H2,1H3,(H,21,22);1H. The number of hydrogen-bond acceptors (Lipinski definition) is 3. The van der Waals surface area contributed by atoms with E-state index in [1.54, 1.807) is 7.11 Å². The number of ether oxygens (including phenoxy) is 1. The van der Waals surface area contributed by atoms with Crippen molar-refractivity contribution in [3.63, 3.8) is 0 Å². The molecule has 1 aliphatic rings. The lowest BCUT2D eigenvalue weighted by molar-refractivity contribution is -0.126. The molecular weight excluding hydrogens is 392 g/mol. The van der Waals surface area contributed by atoms with Crippen molar-refractivity contribution in [3.05, 3.63) is 34.3 Å². The van der Waals surface area contributed by atoms with Crippen LogP contribution >= 0.6 is 28.3 Å². The van der Waals surface area contributed by atoms with Crippen LogP contribution in [0.15, 0.2) is 28.7 Å². The molecular formula is C18H28BrClN2O2. The maximum atomic E-state index is 12.7. The smallest absolute Gasteiger partial charge is 0.223 e. The lowest BCUT2D eigenvalue weighted by Gasteiger charge is -2.28. The minimum Gasteiger partial charge on any atom is -0.385 e. The van der Waals surface area contributed by atoms with Crippen molar-refractivity contribution in [1.82, 2.24) is 5.32 Å². The van der Waals surface area contributed by atoms with Gasteiger partial charge in [0.1, 0.15) is 0 Å². The van der Waals surface area contributed by atoms with Gasteiger partial charge in [-0.05, 0) is 56.2 Å². The quantitative estimate of drug-likeness (QED) is 0.711. The van der Waals surface area contributed by atoms with Crippen LogP contribution in [0.4, 0.5) is 0 Å². The summed E-state index contributed by atoms with van der Waals surface area (Å²) in [6, 6.07) is 8.72. The molecule has 0 aromatic heterocycles. The first-order valence-corrected chi connectivity index (χ1v) is 9.17. The molecule has 0 saturated heterocycles. The summed E-state index contributed by atoms with van der Waals surface area (Å²) in [6.45, 7) is 0.599. The molecule has 6 heteroatoms. The Labute approximate surface area is 159 Å².